The molecule has 0 aliphatic heterocycles. The van der Waals surface area contributed by atoms with Crippen molar-refractivity contribution in [2.24, 2.45) is 0 Å². The zero-order valence-corrected chi connectivity index (χ0v) is 12.1. The van der Waals surface area contributed by atoms with Crippen molar-refractivity contribution in [3.63, 3.8) is 0 Å². The maximum Gasteiger partial charge on any atom is 0.573 e. The smallest absolute Gasteiger partial charge is 0.406 e. The third-order valence-corrected chi connectivity index (χ3v) is 4.93. The highest BCUT2D eigenvalue weighted by atomic mass is 35.5. The van der Waals surface area contributed by atoms with Crippen LogP contribution in [0, 0.1) is 0 Å². The maximum absolute atomic E-state index is 12.0. The number of halogens is 4. The second kappa shape index (κ2) is 6.02. The highest BCUT2D eigenvalue weighted by Crippen LogP contribution is 2.28. The molecule has 2 rings (SSSR count). The highest BCUT2D eigenvalue weighted by molar-refractivity contribution is 7.70. The van der Waals surface area contributed by atoms with Gasteiger partial charge in [0.2, 0.25) is 0 Å². The van der Waals surface area contributed by atoms with E-state index in [1.807, 2.05) is 0 Å². The van der Waals surface area contributed by atoms with Crippen LogP contribution < -0.4 is 14.8 Å². The molecular weight excluding hydrogens is 335 g/mol. The van der Waals surface area contributed by atoms with Crippen LogP contribution in [0.4, 0.5) is 18.2 Å². The molecule has 2 aromatic rings. The molecule has 0 amide bonds. The normalized spacial score (nSPS) is 11.4. The number of hydrogen-bond acceptors (Lipinski definition) is 5. The lowest BCUT2D eigenvalue weighted by atomic mass is 10.2. The summed E-state index contributed by atoms with van der Waals surface area (Å²) in [6, 6.07) is 5.44. The van der Waals surface area contributed by atoms with Gasteiger partial charge < -0.3 is 10.1 Å². The summed E-state index contributed by atoms with van der Waals surface area (Å²) in [5.41, 5.74) is 0.737. The van der Waals surface area contributed by atoms with Gasteiger partial charge in [-0.1, -0.05) is 34.1 Å². The Balaban J connectivity index is 1.97. The number of benzene rings is 1. The van der Waals surface area contributed by atoms with Gasteiger partial charge in [0.25, 0.3) is 4.74 Å². The minimum Gasteiger partial charge on any atom is -0.406 e. The number of nitrogens with one attached hydrogen (secondary N) is 1. The van der Waals surface area contributed by atoms with Gasteiger partial charge in [0.15, 0.2) is 0 Å². The summed E-state index contributed by atoms with van der Waals surface area (Å²) in [6.07, 6.45) is -4.70. The Kier molecular flexibility index (Phi) is 4.56. The standard InChI is InChI=1S/C11H7ClF3NO2S2/c12-8-9(19-20-10(8)17)16-5-6-1-3-7(4-2-6)18-11(13,14)15/h1-4,16H,5H2. The van der Waals surface area contributed by atoms with E-state index in [2.05, 4.69) is 10.1 Å². The van der Waals surface area contributed by atoms with E-state index in [0.29, 0.717) is 11.5 Å². The Labute approximate surface area is 124 Å². The molecule has 1 heterocycles. The second-order valence-electron chi connectivity index (χ2n) is 3.64. The first-order valence-electron chi connectivity index (χ1n) is 5.22. The Morgan fingerprint density at radius 2 is 1.85 bits per heavy atom. The number of hydrogen-bond donors (Lipinski definition) is 1. The third-order valence-electron chi connectivity index (χ3n) is 2.19. The fraction of sp³-hybridized carbons (Fsp3) is 0.182. The minimum absolute atomic E-state index is 0.136. The molecule has 20 heavy (non-hydrogen) atoms. The van der Waals surface area contributed by atoms with Crippen molar-refractivity contribution in [2.45, 2.75) is 12.9 Å². The molecule has 0 fully saturated rings. The lowest BCUT2D eigenvalue weighted by Crippen LogP contribution is -2.17. The van der Waals surface area contributed by atoms with Gasteiger partial charge in [-0.15, -0.1) is 13.2 Å². The maximum atomic E-state index is 12.0. The molecule has 9 heteroatoms. The minimum atomic E-state index is -4.70. The van der Waals surface area contributed by atoms with Gasteiger partial charge in [-0.2, -0.15) is 0 Å². The van der Waals surface area contributed by atoms with Crippen molar-refractivity contribution in [3.05, 3.63) is 44.4 Å². The molecule has 0 aliphatic carbocycles. The highest BCUT2D eigenvalue weighted by Gasteiger charge is 2.30. The molecule has 1 aromatic carbocycles. The largest absolute Gasteiger partial charge is 0.573 e. The first-order valence-corrected chi connectivity index (χ1v) is 7.75. The van der Waals surface area contributed by atoms with Crippen molar-refractivity contribution in [3.8, 4) is 5.75 Å². The second-order valence-corrected chi connectivity index (χ2v) is 6.13. The molecule has 3 nitrogen and oxygen atoms in total. The number of anilines is 1. The van der Waals surface area contributed by atoms with Crippen molar-refractivity contribution < 1.29 is 17.9 Å². The van der Waals surface area contributed by atoms with Crippen molar-refractivity contribution in [2.75, 3.05) is 5.32 Å². The summed E-state index contributed by atoms with van der Waals surface area (Å²) in [6.45, 7) is 0.346. The Bertz CT molecular complexity index is 636. The Morgan fingerprint density at radius 3 is 2.35 bits per heavy atom. The van der Waals surface area contributed by atoms with Gasteiger partial charge in [-0.25, -0.2) is 0 Å². The van der Waals surface area contributed by atoms with Crippen molar-refractivity contribution >= 4 is 37.3 Å². The van der Waals surface area contributed by atoms with E-state index in [9.17, 15) is 18.0 Å². The molecule has 0 unspecified atom stereocenters. The lowest BCUT2D eigenvalue weighted by molar-refractivity contribution is -0.274. The average Bonchev–Trinajstić information content (AvgIpc) is 2.68. The first kappa shape index (κ1) is 15.1. The molecule has 0 spiro atoms. The van der Waals surface area contributed by atoms with Crippen LogP contribution in [-0.4, -0.2) is 6.36 Å². The summed E-state index contributed by atoms with van der Waals surface area (Å²) < 4.78 is 39.5. The number of alkyl halides is 3. The Morgan fingerprint density at radius 1 is 1.20 bits per heavy atom. The van der Waals surface area contributed by atoms with E-state index < -0.39 is 6.36 Å². The predicted octanol–water partition coefficient (Wildman–Crippen LogP) is 4.33. The topological polar surface area (TPSA) is 38.3 Å². The fourth-order valence-corrected chi connectivity index (χ4v) is 3.77. The molecular formula is C11H7ClF3NO2S2. The molecule has 108 valence electrons. The SMILES string of the molecule is O=c1ssc(NCc2ccc(OC(F)(F)F)cc2)c1Cl. The molecule has 1 aromatic heterocycles. The van der Waals surface area contributed by atoms with Crippen molar-refractivity contribution in [1.29, 1.82) is 0 Å². The molecule has 0 aliphatic rings. The monoisotopic (exact) mass is 341 g/mol. The van der Waals surface area contributed by atoms with Crippen molar-refractivity contribution in [1.82, 2.24) is 0 Å². The van der Waals surface area contributed by atoms with Gasteiger partial charge in [-0.05, 0) is 28.0 Å². The van der Waals surface area contributed by atoms with E-state index in [0.717, 1.165) is 15.9 Å². The fourth-order valence-electron chi connectivity index (χ4n) is 1.34. The van der Waals surface area contributed by atoms with Crippen LogP contribution in [0.15, 0.2) is 29.1 Å². The van der Waals surface area contributed by atoms with Gasteiger partial charge in [-0.3, -0.25) is 4.79 Å². The van der Waals surface area contributed by atoms with Crippen LogP contribution in [-0.2, 0) is 6.54 Å². The summed E-state index contributed by atoms with van der Waals surface area (Å²) in [5, 5.41) is 3.64. The van der Waals surface area contributed by atoms with Gasteiger partial charge in [0.1, 0.15) is 15.8 Å². The predicted molar refractivity (Wildman–Crippen MR) is 73.9 cm³/mol. The number of ether oxygens (including phenoxy) is 1. The van der Waals surface area contributed by atoms with E-state index >= 15 is 0 Å². The number of rotatable bonds is 4. The summed E-state index contributed by atoms with van der Waals surface area (Å²) in [4.78, 5) is 11.2. The zero-order valence-electron chi connectivity index (χ0n) is 9.66. The van der Waals surface area contributed by atoms with Gasteiger partial charge >= 0.3 is 6.36 Å². The molecule has 1 N–H and O–H groups in total. The molecule has 0 saturated heterocycles. The first-order chi connectivity index (χ1) is 9.35. The van der Waals surface area contributed by atoms with Crippen LogP contribution in [0.1, 0.15) is 5.56 Å². The van der Waals surface area contributed by atoms with E-state index in [1.54, 1.807) is 0 Å². The zero-order chi connectivity index (χ0) is 14.8. The average molecular weight is 342 g/mol. The van der Waals surface area contributed by atoms with Crippen LogP contribution in [0.25, 0.3) is 0 Å². The summed E-state index contributed by atoms with van der Waals surface area (Å²) in [5.74, 6) is -0.278. The van der Waals surface area contributed by atoms with E-state index in [1.165, 1.54) is 34.6 Å². The lowest BCUT2D eigenvalue weighted by Gasteiger charge is -2.09. The third kappa shape index (κ3) is 4.12. The Hall–Kier alpha value is -1.25. The van der Waals surface area contributed by atoms with Gasteiger partial charge in [0, 0.05) is 6.54 Å². The quantitative estimate of drug-likeness (QED) is 0.841. The molecule has 0 saturated carbocycles. The van der Waals surface area contributed by atoms with Crippen LogP contribution in [0.3, 0.4) is 0 Å². The van der Waals surface area contributed by atoms with E-state index in [-0.39, 0.29) is 15.5 Å². The van der Waals surface area contributed by atoms with Crippen LogP contribution in [0.2, 0.25) is 5.02 Å². The summed E-state index contributed by atoms with van der Waals surface area (Å²) in [7, 11) is 2.24. The molecule has 0 atom stereocenters. The van der Waals surface area contributed by atoms with E-state index in [4.69, 9.17) is 11.6 Å². The van der Waals surface area contributed by atoms with Gasteiger partial charge in [0.05, 0.1) is 0 Å². The molecule has 0 bridgehead atoms. The van der Waals surface area contributed by atoms with Crippen LogP contribution >= 0.6 is 32.3 Å². The van der Waals surface area contributed by atoms with Crippen LogP contribution in [0.5, 0.6) is 5.75 Å². The molecule has 0 radical (unpaired) electrons. The summed E-state index contributed by atoms with van der Waals surface area (Å²) >= 11 is 5.77.